The number of hydrazine groups is 1. The zero-order chi connectivity index (χ0) is 52.4. The number of nitrogens with zero attached hydrogens (tertiary/aromatic N) is 7. The molecule has 5 aliphatic heterocycles. The number of aryl methyl sites for hydroxylation is 1. The van der Waals surface area contributed by atoms with E-state index in [9.17, 15) is 19.2 Å². The summed E-state index contributed by atoms with van der Waals surface area (Å²) in [6, 6.07) is 7.65. The molecule has 2 N–H and O–H groups in total. The van der Waals surface area contributed by atoms with Gasteiger partial charge in [-0.15, -0.1) is 0 Å². The molecule has 73 heavy (non-hydrogen) atoms. The third kappa shape index (κ3) is 11.1. The molecule has 17 heteroatoms. The van der Waals surface area contributed by atoms with Crippen LogP contribution in [0.1, 0.15) is 116 Å². The van der Waals surface area contributed by atoms with Crippen molar-refractivity contribution in [2.75, 3.05) is 66.8 Å². The van der Waals surface area contributed by atoms with Crippen LogP contribution in [-0.4, -0.2) is 160 Å². The number of urea groups is 1. The van der Waals surface area contributed by atoms with Crippen molar-refractivity contribution in [2.45, 2.75) is 142 Å². The number of allylic oxidation sites excluding steroid dienone is 1. The predicted molar refractivity (Wildman–Crippen MR) is 281 cm³/mol. The van der Waals surface area contributed by atoms with E-state index in [2.05, 4.69) is 77.9 Å². The maximum atomic E-state index is 15.0. The lowest BCUT2D eigenvalue weighted by molar-refractivity contribution is -0.155. The van der Waals surface area contributed by atoms with E-state index in [1.807, 2.05) is 40.0 Å². The number of ether oxygens (including phenoxy) is 3. The zero-order valence-electron chi connectivity index (χ0n) is 44.7. The third-order valence-electron chi connectivity index (χ3n) is 16.1. The number of methoxy groups -OCH3 is 1. The third-order valence-corrected chi connectivity index (χ3v) is 16.1. The number of nitrogens with one attached hydrogen (secondary N) is 2. The molecule has 1 spiro atoms. The van der Waals surface area contributed by atoms with Crippen molar-refractivity contribution in [1.82, 2.24) is 44.9 Å². The van der Waals surface area contributed by atoms with Gasteiger partial charge in [-0.2, -0.15) is 0 Å². The van der Waals surface area contributed by atoms with Gasteiger partial charge in [-0.3, -0.25) is 34.1 Å². The molecule has 0 saturated carbocycles. The number of esters is 1. The van der Waals surface area contributed by atoms with Gasteiger partial charge in [0, 0.05) is 81.5 Å². The van der Waals surface area contributed by atoms with Crippen LogP contribution in [0.5, 0.6) is 0 Å². The second-order valence-corrected chi connectivity index (χ2v) is 22.0. The maximum absolute atomic E-state index is 15.0. The summed E-state index contributed by atoms with van der Waals surface area (Å²) in [5.74, 6) is -1.72. The zero-order valence-corrected chi connectivity index (χ0v) is 44.7. The number of rotatable bonds is 9. The molecule has 7 heterocycles. The first kappa shape index (κ1) is 53.7. The van der Waals surface area contributed by atoms with Gasteiger partial charge < -0.3 is 38.8 Å². The minimum atomic E-state index is -1.02. The van der Waals surface area contributed by atoms with Crippen molar-refractivity contribution in [3.05, 3.63) is 72.1 Å². The number of likely N-dealkylation sites (tertiary alicyclic amines) is 1. The number of fused-ring (bicyclic) bond motifs is 6. The van der Waals surface area contributed by atoms with Gasteiger partial charge in [-0.25, -0.2) is 10.2 Å². The van der Waals surface area contributed by atoms with Gasteiger partial charge in [-0.05, 0) is 132 Å². The molecular weight excluding hydrogens is 927 g/mol. The molecule has 0 radical (unpaired) electrons. The molecule has 5 aliphatic rings. The van der Waals surface area contributed by atoms with Crippen molar-refractivity contribution in [2.24, 2.45) is 11.3 Å². The number of pyridine rings is 1. The minimum Gasteiger partial charge on any atom is -0.464 e. The lowest BCUT2D eigenvalue weighted by Crippen LogP contribution is -2.64. The normalized spacial score (nSPS) is 25.2. The number of carbonyl (C=O) groups is 5. The Bertz CT molecular complexity index is 2580. The Morgan fingerprint density at radius 1 is 1.07 bits per heavy atom. The molecule has 6 bridgehead atoms. The first-order valence-corrected chi connectivity index (χ1v) is 26.6. The van der Waals surface area contributed by atoms with Gasteiger partial charge in [0.25, 0.3) is 5.91 Å². The fourth-order valence-electron chi connectivity index (χ4n) is 11.9. The highest BCUT2D eigenvalue weighted by atomic mass is 16.5. The average Bonchev–Trinajstić information content (AvgIpc) is 3.86. The van der Waals surface area contributed by atoms with E-state index in [1.165, 1.54) is 16.0 Å². The summed E-state index contributed by atoms with van der Waals surface area (Å²) in [5.41, 5.74) is 9.54. The van der Waals surface area contributed by atoms with Crippen LogP contribution >= 0.6 is 0 Å². The number of cyclic esters (lactones) is 1. The Morgan fingerprint density at radius 3 is 2.55 bits per heavy atom. The van der Waals surface area contributed by atoms with Crippen LogP contribution < -0.4 is 10.7 Å². The number of carbonyl (C=O) groups excluding carboxylic acids is 5. The second kappa shape index (κ2) is 22.5. The lowest BCUT2D eigenvalue weighted by atomic mass is 9.84. The number of piperidine rings is 1. The Hall–Kier alpha value is -5.62. The smallest absolute Gasteiger partial charge is 0.324 e. The minimum absolute atomic E-state index is 0.145. The number of aromatic nitrogens is 2. The molecule has 3 aromatic rings. The quantitative estimate of drug-likeness (QED) is 0.173. The van der Waals surface area contributed by atoms with Crippen molar-refractivity contribution >= 4 is 46.2 Å². The van der Waals surface area contributed by atoms with Crippen molar-refractivity contribution < 1.29 is 38.2 Å². The summed E-state index contributed by atoms with van der Waals surface area (Å²) < 4.78 is 20.6. The van der Waals surface area contributed by atoms with Crippen LogP contribution in [-0.2, 0) is 46.4 Å². The molecule has 3 saturated heterocycles. The highest BCUT2D eigenvalue weighted by Crippen LogP contribution is 2.42. The van der Waals surface area contributed by atoms with E-state index >= 15 is 4.79 Å². The van der Waals surface area contributed by atoms with E-state index in [0.717, 1.165) is 63.8 Å². The molecule has 396 valence electrons. The van der Waals surface area contributed by atoms with Gasteiger partial charge in [0.15, 0.2) is 0 Å². The van der Waals surface area contributed by atoms with Gasteiger partial charge in [0.1, 0.15) is 24.9 Å². The van der Waals surface area contributed by atoms with E-state index in [0.29, 0.717) is 71.4 Å². The molecule has 0 aliphatic carbocycles. The summed E-state index contributed by atoms with van der Waals surface area (Å²) in [7, 11) is 3.35. The first-order valence-electron chi connectivity index (χ1n) is 26.6. The van der Waals surface area contributed by atoms with Crippen LogP contribution in [0.15, 0.2) is 55.3 Å². The van der Waals surface area contributed by atoms with E-state index in [4.69, 9.17) is 19.2 Å². The standard InChI is InChI=1S/C56H79N9O8/c1-11-47(66)64-35-73-56(38(64)6)23-28-62(29-24-56)54(70)60(9)49(36(3)4)51(67)58-45-33-61-26-15-13-14-18-40(32-61)39-21-22-46-42(30-39)43(50(63(46)12-2)41-19-16-25-57-48(41)37(5)71-10)31-55(7,8)34-72-53(69)44-20-17-27-65(59-44)52(45)68/h11,16,18-19,21-22,25,30,36-38,44-45,49,59H,1,12-15,17,20,23-24,26-29,31-35H2,2-10H3,(H,58,67)/b40-18+/t37-,38-,44-,45-,49-/m0/s1. The largest absolute Gasteiger partial charge is 0.464 e. The Kier molecular flexibility index (Phi) is 16.5. The van der Waals surface area contributed by atoms with Gasteiger partial charge in [0.05, 0.1) is 35.7 Å². The Labute approximate surface area is 431 Å². The fourth-order valence-corrected chi connectivity index (χ4v) is 11.9. The SMILES string of the molecule is C=CC(=O)N1COC2(CCN(C(=O)N(C)[C@H](C(=O)N[C@H]3CN4CCCC/C=C(\C4)c4ccc5c(c4)c(c(-c4cccnc4[C@H](C)OC)n5CC)CC(C)(C)COC(=O)[C@@H]4CCCN(N4)C3=O)C(C)C)CC2)[C@@H]1C. The van der Waals surface area contributed by atoms with Gasteiger partial charge >= 0.3 is 12.0 Å². The van der Waals surface area contributed by atoms with Crippen LogP contribution in [0.25, 0.3) is 27.7 Å². The predicted octanol–water partition coefficient (Wildman–Crippen LogP) is 6.71. The highest BCUT2D eigenvalue weighted by Gasteiger charge is 2.50. The van der Waals surface area contributed by atoms with E-state index in [1.54, 1.807) is 24.0 Å². The number of benzene rings is 1. The molecule has 17 nitrogen and oxygen atoms in total. The van der Waals surface area contributed by atoms with Crippen LogP contribution in [0, 0.1) is 11.3 Å². The summed E-state index contributed by atoms with van der Waals surface area (Å²) in [6.07, 6.45) is 10.7. The number of amides is 5. The topological polar surface area (TPSA) is 171 Å². The summed E-state index contributed by atoms with van der Waals surface area (Å²) in [6.45, 7) is 21.4. The Morgan fingerprint density at radius 2 is 1.84 bits per heavy atom. The van der Waals surface area contributed by atoms with Gasteiger partial charge in [-0.1, -0.05) is 46.4 Å². The molecule has 1 unspecified atom stereocenters. The van der Waals surface area contributed by atoms with E-state index in [-0.39, 0.29) is 55.8 Å². The Balaban J connectivity index is 1.12. The first-order chi connectivity index (χ1) is 34.9. The number of hydrogen-bond donors (Lipinski definition) is 2. The molecule has 1 aromatic carbocycles. The number of hydrogen-bond acceptors (Lipinski definition) is 11. The van der Waals surface area contributed by atoms with Crippen LogP contribution in [0.4, 0.5) is 4.79 Å². The van der Waals surface area contributed by atoms with Crippen LogP contribution in [0.2, 0.25) is 0 Å². The lowest BCUT2D eigenvalue weighted by Gasteiger charge is -2.43. The molecule has 6 atom stereocenters. The monoisotopic (exact) mass is 1010 g/mol. The van der Waals surface area contributed by atoms with Gasteiger partial charge in [0.2, 0.25) is 11.8 Å². The molecular formula is C56H79N9O8. The van der Waals surface area contributed by atoms with E-state index < -0.39 is 41.0 Å². The maximum Gasteiger partial charge on any atom is 0.324 e. The van der Waals surface area contributed by atoms with Crippen molar-refractivity contribution in [3.8, 4) is 11.3 Å². The fraction of sp³-hybridized carbons (Fsp3) is 0.607. The number of likely N-dealkylation sites (N-methyl/N-ethyl adjacent to an activating group) is 1. The molecule has 5 amide bonds. The molecule has 8 rings (SSSR count). The summed E-state index contributed by atoms with van der Waals surface area (Å²) in [4.78, 5) is 82.8. The second-order valence-electron chi connectivity index (χ2n) is 22.0. The van der Waals surface area contributed by atoms with Crippen LogP contribution in [0.3, 0.4) is 0 Å². The van der Waals surface area contributed by atoms with Crippen molar-refractivity contribution in [1.29, 1.82) is 0 Å². The molecule has 3 fully saturated rings. The summed E-state index contributed by atoms with van der Waals surface area (Å²) in [5, 5.41) is 5.77. The highest BCUT2D eigenvalue weighted by molar-refractivity contribution is 5.95. The van der Waals surface area contributed by atoms with Crippen molar-refractivity contribution in [3.63, 3.8) is 0 Å². The molecule has 2 aromatic heterocycles. The average molecular weight is 1010 g/mol. The summed E-state index contributed by atoms with van der Waals surface area (Å²) >= 11 is 0.